The lowest BCUT2D eigenvalue weighted by atomic mass is 9.66. The first-order valence-electron chi connectivity index (χ1n) is 11.4. The lowest BCUT2D eigenvalue weighted by Gasteiger charge is -2.42. The number of hydrogen-bond donors (Lipinski definition) is 4. The third kappa shape index (κ3) is 11.2. The maximum absolute atomic E-state index is 9.31. The Morgan fingerprint density at radius 2 is 1.88 bits per heavy atom. The lowest BCUT2D eigenvalue weighted by Crippen LogP contribution is -2.43. The number of likely N-dealkylation sites (N-methyl/N-ethyl adjacent to an activating group) is 1. The van der Waals surface area contributed by atoms with Gasteiger partial charge in [-0.15, -0.1) is 0 Å². The Morgan fingerprint density at radius 3 is 2.28 bits per heavy atom. The van der Waals surface area contributed by atoms with Gasteiger partial charge in [0.15, 0.2) is 0 Å². The molecule has 3 fully saturated rings. The molecule has 0 aromatic heterocycles. The van der Waals surface area contributed by atoms with Crippen LogP contribution in [0.2, 0.25) is 0 Å². The van der Waals surface area contributed by atoms with Crippen LogP contribution in [0.4, 0.5) is 0 Å². The van der Waals surface area contributed by atoms with Crippen LogP contribution in [0.3, 0.4) is 0 Å². The molecule has 3 aliphatic rings. The van der Waals surface area contributed by atoms with Crippen molar-refractivity contribution in [2.75, 3.05) is 60.5 Å². The van der Waals surface area contributed by atoms with E-state index >= 15 is 0 Å². The van der Waals surface area contributed by atoms with Crippen molar-refractivity contribution in [3.05, 3.63) is 29.8 Å². The number of hydrogen-bond acceptors (Lipinski definition) is 8. The Hall–Kier alpha value is -1.71. The molecule has 2 heterocycles. The molecule has 1 saturated carbocycles. The Bertz CT molecular complexity index is 602. The maximum atomic E-state index is 9.31. The van der Waals surface area contributed by atoms with Crippen LogP contribution >= 0.6 is 0 Å². The van der Waals surface area contributed by atoms with Gasteiger partial charge in [0.2, 0.25) is 0 Å². The Labute approximate surface area is 193 Å². The predicted molar refractivity (Wildman–Crippen MR) is 127 cm³/mol. The summed E-state index contributed by atoms with van der Waals surface area (Å²) in [6.45, 7) is 8.90. The van der Waals surface area contributed by atoms with E-state index in [4.69, 9.17) is 14.6 Å². The first-order valence-corrected chi connectivity index (χ1v) is 11.4. The minimum atomic E-state index is -0.0648. The smallest absolute Gasteiger partial charge is 0.292 e. The average molecular weight is 454 g/mol. The number of aliphatic hydroxyl groups excluding tert-OH is 2. The zero-order valence-electron chi connectivity index (χ0n) is 20.2. The molecule has 2 aliphatic heterocycles. The Kier molecular flexibility index (Phi) is 14.2. The molecule has 2 saturated heterocycles. The Balaban J connectivity index is 0.000000235. The summed E-state index contributed by atoms with van der Waals surface area (Å²) < 4.78 is 8.83. The highest BCUT2D eigenvalue weighted by Crippen LogP contribution is 2.47. The summed E-state index contributed by atoms with van der Waals surface area (Å²) in [5.74, 6) is 0.917. The number of aryl methyl sites for hydroxylation is 1. The summed E-state index contributed by atoms with van der Waals surface area (Å²) in [7, 11) is 4.98. The van der Waals surface area contributed by atoms with Crippen molar-refractivity contribution < 1.29 is 24.5 Å². The minimum absolute atomic E-state index is 0.00394. The molecule has 4 rings (SSSR count). The molecule has 8 heteroatoms. The van der Waals surface area contributed by atoms with E-state index in [1.165, 1.54) is 32.2 Å². The van der Waals surface area contributed by atoms with E-state index in [0.29, 0.717) is 11.9 Å². The molecule has 0 radical (unpaired) electrons. The van der Waals surface area contributed by atoms with Crippen LogP contribution in [0.5, 0.6) is 5.75 Å². The quantitative estimate of drug-likeness (QED) is 0.493. The maximum Gasteiger partial charge on any atom is 0.292 e. The van der Waals surface area contributed by atoms with Gasteiger partial charge in [-0.05, 0) is 70.3 Å². The van der Waals surface area contributed by atoms with Crippen LogP contribution in [-0.4, -0.2) is 94.3 Å². The van der Waals surface area contributed by atoms with Crippen molar-refractivity contribution in [3.8, 4) is 5.75 Å². The number of carbonyl (C=O) groups is 1. The van der Waals surface area contributed by atoms with Crippen LogP contribution in [0.15, 0.2) is 24.3 Å². The van der Waals surface area contributed by atoms with Crippen molar-refractivity contribution >= 4 is 6.47 Å². The van der Waals surface area contributed by atoms with Crippen molar-refractivity contribution in [2.24, 2.45) is 5.41 Å². The molecule has 0 amide bonds. The first-order chi connectivity index (χ1) is 15.4. The molecule has 1 aromatic carbocycles. The average Bonchev–Trinajstić information content (AvgIpc) is 3.43. The largest absolute Gasteiger partial charge is 0.497 e. The summed E-state index contributed by atoms with van der Waals surface area (Å²) >= 11 is 0. The van der Waals surface area contributed by atoms with Crippen molar-refractivity contribution in [3.63, 3.8) is 0 Å². The van der Waals surface area contributed by atoms with E-state index in [1.807, 2.05) is 31.3 Å². The van der Waals surface area contributed by atoms with Crippen molar-refractivity contribution in [1.29, 1.82) is 0 Å². The topological polar surface area (TPSA) is 103 Å². The number of rotatable bonds is 5. The molecule has 1 atom stereocenters. The first kappa shape index (κ1) is 28.3. The monoisotopic (exact) mass is 453 g/mol. The van der Waals surface area contributed by atoms with Crippen molar-refractivity contribution in [2.45, 2.75) is 44.8 Å². The van der Waals surface area contributed by atoms with E-state index in [9.17, 15) is 5.11 Å². The standard InChI is InChI=1S/C10H20N2O.C8H10O.C4H9NO.C2H4O2/c1-11-3-5-12-4-2-10(8-12)6-9(13)7-10;1-7-3-5-8(9-2)6-4-7;6-4-1-2-5-3-4;1-4-2-3/h9,11,13H,2-8H2,1H3;3-6H,1-2H3;4-6H,1-3H2;2H,1H3. The second-order valence-corrected chi connectivity index (χ2v) is 8.69. The second-order valence-electron chi connectivity index (χ2n) is 8.69. The fourth-order valence-corrected chi connectivity index (χ4v) is 4.08. The molecule has 8 nitrogen and oxygen atoms in total. The lowest BCUT2D eigenvalue weighted by molar-refractivity contribution is -0.126. The molecule has 184 valence electrons. The number of nitrogens with zero attached hydrogens (tertiary/aromatic N) is 1. The van der Waals surface area contributed by atoms with E-state index < -0.39 is 0 Å². The number of carbonyl (C=O) groups excluding carboxylic acids is 1. The van der Waals surface area contributed by atoms with Gasteiger partial charge in [0.05, 0.1) is 26.4 Å². The summed E-state index contributed by atoms with van der Waals surface area (Å²) in [5.41, 5.74) is 1.77. The van der Waals surface area contributed by atoms with Gasteiger partial charge >= 0.3 is 0 Å². The molecule has 0 bridgehead atoms. The summed E-state index contributed by atoms with van der Waals surface area (Å²) in [6.07, 6.45) is 4.26. The van der Waals surface area contributed by atoms with E-state index in [1.54, 1.807) is 7.11 Å². The second kappa shape index (κ2) is 16.0. The third-order valence-electron chi connectivity index (χ3n) is 5.92. The van der Waals surface area contributed by atoms with Crippen LogP contribution in [0, 0.1) is 12.3 Å². The third-order valence-corrected chi connectivity index (χ3v) is 5.92. The van der Waals surface area contributed by atoms with Crippen LogP contribution < -0.4 is 15.4 Å². The minimum Gasteiger partial charge on any atom is -0.497 e. The number of ether oxygens (including phenoxy) is 2. The van der Waals surface area contributed by atoms with E-state index in [-0.39, 0.29) is 12.2 Å². The summed E-state index contributed by atoms with van der Waals surface area (Å²) in [5, 5.41) is 24.2. The van der Waals surface area contributed by atoms with Gasteiger partial charge in [-0.25, -0.2) is 0 Å². The molecular formula is C24H43N3O5. The van der Waals surface area contributed by atoms with Gasteiger partial charge in [0.25, 0.3) is 6.47 Å². The molecule has 1 aliphatic carbocycles. The van der Waals surface area contributed by atoms with Crippen molar-refractivity contribution in [1.82, 2.24) is 15.5 Å². The molecule has 4 N–H and O–H groups in total. The number of benzene rings is 1. The molecule has 32 heavy (non-hydrogen) atoms. The fraction of sp³-hybridized carbons (Fsp3) is 0.708. The zero-order chi connectivity index (χ0) is 23.8. The zero-order valence-corrected chi connectivity index (χ0v) is 20.2. The predicted octanol–water partition coefficient (Wildman–Crippen LogP) is 1.19. The highest BCUT2D eigenvalue weighted by molar-refractivity contribution is 5.36. The van der Waals surface area contributed by atoms with Gasteiger partial charge in [0, 0.05) is 26.2 Å². The molecule has 1 unspecified atom stereocenters. The Morgan fingerprint density at radius 1 is 1.22 bits per heavy atom. The van der Waals surface area contributed by atoms with Crippen LogP contribution in [-0.2, 0) is 9.53 Å². The van der Waals surface area contributed by atoms with E-state index in [2.05, 4.69) is 27.2 Å². The summed E-state index contributed by atoms with van der Waals surface area (Å²) in [6, 6.07) is 7.96. The molecule has 1 aromatic rings. The van der Waals surface area contributed by atoms with Gasteiger partial charge in [0.1, 0.15) is 5.75 Å². The van der Waals surface area contributed by atoms with Crippen LogP contribution in [0.25, 0.3) is 0 Å². The number of nitrogens with one attached hydrogen (secondary N) is 2. The van der Waals surface area contributed by atoms with Gasteiger partial charge in [-0.1, -0.05) is 17.7 Å². The van der Waals surface area contributed by atoms with Gasteiger partial charge in [-0.3, -0.25) is 4.79 Å². The normalized spacial score (nSPS) is 25.8. The van der Waals surface area contributed by atoms with Crippen LogP contribution in [0.1, 0.15) is 31.2 Å². The fourth-order valence-electron chi connectivity index (χ4n) is 4.08. The number of β-amino-alcohol motifs (C(OH)–C–C–N with tert-alkyl or cyclic N) is 1. The number of methoxy groups -OCH3 is 2. The molecular weight excluding hydrogens is 410 g/mol. The summed E-state index contributed by atoms with van der Waals surface area (Å²) in [4.78, 5) is 11.5. The SMILES string of the molecule is CNCCN1CCC2(CC(O)C2)C1.COC=O.COc1ccc(C)cc1.OC1CCNC1. The number of aliphatic hydroxyl groups is 2. The molecule has 1 spiro atoms. The highest BCUT2D eigenvalue weighted by Gasteiger charge is 2.47. The van der Waals surface area contributed by atoms with Gasteiger partial charge in [-0.2, -0.15) is 0 Å². The van der Waals surface area contributed by atoms with E-state index in [0.717, 1.165) is 51.2 Å². The highest BCUT2D eigenvalue weighted by atomic mass is 16.5. The van der Waals surface area contributed by atoms with Gasteiger partial charge < -0.3 is 35.2 Å². The number of likely N-dealkylation sites (tertiary alicyclic amines) is 1.